The lowest BCUT2D eigenvalue weighted by molar-refractivity contribution is 0.0951. The standard InChI is InChI=1S/C21H14FN5O2S/c22-14-4-1-3-12(9-14)18-19-24-21(29)16-7-6-13(10-17(16)27(19)26-25-18)20(28)23-11-15-5-2-8-30-15/h1-10,26H,11H2,(H,23,28). The molecule has 0 aliphatic carbocycles. The van der Waals surface area contributed by atoms with Crippen molar-refractivity contribution < 1.29 is 9.18 Å². The second kappa shape index (κ2) is 7.20. The van der Waals surface area contributed by atoms with Gasteiger partial charge in [0.25, 0.3) is 11.5 Å². The van der Waals surface area contributed by atoms with Crippen LogP contribution in [0.3, 0.4) is 0 Å². The quantitative estimate of drug-likeness (QED) is 0.467. The highest BCUT2D eigenvalue weighted by molar-refractivity contribution is 7.09. The summed E-state index contributed by atoms with van der Waals surface area (Å²) in [5.41, 5.74) is 1.51. The Labute approximate surface area is 172 Å². The lowest BCUT2D eigenvalue weighted by Crippen LogP contribution is -2.22. The molecular weight excluding hydrogens is 405 g/mol. The number of nitrogens with one attached hydrogen (secondary N) is 2. The van der Waals surface area contributed by atoms with Gasteiger partial charge >= 0.3 is 0 Å². The predicted molar refractivity (Wildman–Crippen MR) is 112 cm³/mol. The molecule has 0 radical (unpaired) electrons. The Balaban J connectivity index is 1.59. The lowest BCUT2D eigenvalue weighted by Gasteiger charge is -2.06. The third-order valence-corrected chi connectivity index (χ3v) is 5.60. The minimum atomic E-state index is -0.449. The largest absolute Gasteiger partial charge is 0.347 e. The van der Waals surface area contributed by atoms with E-state index in [1.165, 1.54) is 16.6 Å². The number of carbonyl (C=O) groups is 1. The Morgan fingerprint density at radius 1 is 1.17 bits per heavy atom. The highest BCUT2D eigenvalue weighted by Gasteiger charge is 2.16. The molecule has 0 atom stereocenters. The zero-order valence-electron chi connectivity index (χ0n) is 15.4. The molecule has 30 heavy (non-hydrogen) atoms. The molecule has 0 aliphatic heterocycles. The Bertz CT molecular complexity index is 1460. The maximum atomic E-state index is 13.6. The molecule has 5 rings (SSSR count). The Kier molecular flexibility index (Phi) is 4.36. The molecule has 0 saturated carbocycles. The molecule has 3 aromatic heterocycles. The maximum Gasteiger partial charge on any atom is 0.281 e. The molecule has 0 saturated heterocycles. The third-order valence-electron chi connectivity index (χ3n) is 4.73. The molecule has 2 N–H and O–H groups in total. The van der Waals surface area contributed by atoms with Gasteiger partial charge in [0.15, 0.2) is 5.65 Å². The predicted octanol–water partition coefficient (Wildman–Crippen LogP) is 3.37. The number of halogens is 1. The summed E-state index contributed by atoms with van der Waals surface area (Å²) in [6, 6.07) is 14.5. The van der Waals surface area contributed by atoms with Crippen molar-refractivity contribution in [2.24, 2.45) is 0 Å². The number of nitrogens with zero attached hydrogens (tertiary/aromatic N) is 3. The van der Waals surface area contributed by atoms with Crippen molar-refractivity contribution in [3.63, 3.8) is 0 Å². The van der Waals surface area contributed by atoms with E-state index in [1.807, 2.05) is 17.5 Å². The SMILES string of the molecule is O=C(NCc1cccs1)c1ccc2c(=O)nc3c(-c4cccc(F)c4)n[nH]n3c2c1. The number of aromatic nitrogens is 4. The van der Waals surface area contributed by atoms with Crippen LogP contribution in [0.25, 0.3) is 27.8 Å². The number of aromatic amines is 1. The molecule has 0 fully saturated rings. The minimum Gasteiger partial charge on any atom is -0.347 e. The van der Waals surface area contributed by atoms with Gasteiger partial charge in [0.1, 0.15) is 11.5 Å². The normalized spacial score (nSPS) is 11.2. The first-order chi connectivity index (χ1) is 14.6. The van der Waals surface area contributed by atoms with Crippen molar-refractivity contribution in [2.75, 3.05) is 0 Å². The maximum absolute atomic E-state index is 13.6. The van der Waals surface area contributed by atoms with E-state index < -0.39 is 11.4 Å². The van der Waals surface area contributed by atoms with Crippen LogP contribution in [-0.2, 0) is 6.54 Å². The van der Waals surface area contributed by atoms with E-state index in [9.17, 15) is 14.0 Å². The third kappa shape index (κ3) is 3.15. The van der Waals surface area contributed by atoms with Crippen LogP contribution in [0.15, 0.2) is 64.8 Å². The van der Waals surface area contributed by atoms with Gasteiger partial charge in [0, 0.05) is 16.0 Å². The first kappa shape index (κ1) is 18.2. The van der Waals surface area contributed by atoms with E-state index in [4.69, 9.17) is 0 Å². The summed E-state index contributed by atoms with van der Waals surface area (Å²) in [5, 5.41) is 12.2. The number of benzene rings is 2. The summed E-state index contributed by atoms with van der Waals surface area (Å²) in [7, 11) is 0. The Hall–Kier alpha value is -3.85. The van der Waals surface area contributed by atoms with Crippen molar-refractivity contribution in [1.29, 1.82) is 0 Å². The highest BCUT2D eigenvalue weighted by Crippen LogP contribution is 2.23. The molecule has 148 valence electrons. The number of amides is 1. The van der Waals surface area contributed by atoms with Gasteiger partial charge in [0.2, 0.25) is 0 Å². The number of rotatable bonds is 4. The van der Waals surface area contributed by atoms with E-state index in [0.717, 1.165) is 4.88 Å². The molecule has 9 heteroatoms. The second-order valence-corrected chi connectivity index (χ2v) is 7.67. The van der Waals surface area contributed by atoms with Gasteiger partial charge in [-0.2, -0.15) is 10.1 Å². The van der Waals surface area contributed by atoms with Gasteiger partial charge < -0.3 is 5.32 Å². The number of hydrogen-bond acceptors (Lipinski definition) is 5. The van der Waals surface area contributed by atoms with Crippen molar-refractivity contribution in [1.82, 2.24) is 25.1 Å². The average molecular weight is 419 g/mol. The molecule has 0 bridgehead atoms. The lowest BCUT2D eigenvalue weighted by atomic mass is 10.1. The summed E-state index contributed by atoms with van der Waals surface area (Å²) in [6.45, 7) is 0.425. The van der Waals surface area contributed by atoms with Crippen LogP contribution in [0.4, 0.5) is 4.39 Å². The summed E-state index contributed by atoms with van der Waals surface area (Å²) >= 11 is 1.56. The molecule has 1 amide bonds. The number of hydrogen-bond donors (Lipinski definition) is 2. The van der Waals surface area contributed by atoms with Crippen LogP contribution in [0.2, 0.25) is 0 Å². The summed E-state index contributed by atoms with van der Waals surface area (Å²) in [5.74, 6) is -0.672. The molecule has 0 unspecified atom stereocenters. The first-order valence-corrected chi connectivity index (χ1v) is 9.95. The molecule has 2 aromatic carbocycles. The van der Waals surface area contributed by atoms with Crippen molar-refractivity contribution in [2.45, 2.75) is 6.54 Å². The smallest absolute Gasteiger partial charge is 0.281 e. The second-order valence-electron chi connectivity index (χ2n) is 6.64. The number of H-pyrrole nitrogens is 1. The van der Waals surface area contributed by atoms with Crippen molar-refractivity contribution in [3.05, 3.63) is 86.6 Å². The number of carbonyl (C=O) groups excluding carboxylic acids is 1. The van der Waals surface area contributed by atoms with Gasteiger partial charge in [-0.15, -0.1) is 11.3 Å². The van der Waals surface area contributed by atoms with Crippen molar-refractivity contribution >= 4 is 33.8 Å². The number of fused-ring (bicyclic) bond motifs is 3. The van der Waals surface area contributed by atoms with Crippen LogP contribution in [0, 0.1) is 5.82 Å². The fraction of sp³-hybridized carbons (Fsp3) is 0.0476. The molecular formula is C21H14FN5O2S. The Morgan fingerprint density at radius 2 is 2.07 bits per heavy atom. The zero-order chi connectivity index (χ0) is 20.7. The zero-order valence-corrected chi connectivity index (χ0v) is 16.2. The van der Waals surface area contributed by atoms with E-state index in [2.05, 4.69) is 20.6 Å². The van der Waals surface area contributed by atoms with Crippen LogP contribution in [-0.4, -0.2) is 25.7 Å². The molecule has 7 nitrogen and oxygen atoms in total. The summed E-state index contributed by atoms with van der Waals surface area (Å²) in [6.07, 6.45) is 0. The van der Waals surface area contributed by atoms with E-state index in [1.54, 1.807) is 41.7 Å². The monoisotopic (exact) mass is 419 g/mol. The molecule has 0 aliphatic rings. The van der Waals surface area contributed by atoms with Gasteiger partial charge in [-0.05, 0) is 41.8 Å². The minimum absolute atomic E-state index is 0.256. The van der Waals surface area contributed by atoms with Crippen molar-refractivity contribution in [3.8, 4) is 11.3 Å². The van der Waals surface area contributed by atoms with Crippen LogP contribution in [0.5, 0.6) is 0 Å². The highest BCUT2D eigenvalue weighted by atomic mass is 32.1. The fourth-order valence-corrected chi connectivity index (χ4v) is 3.93. The topological polar surface area (TPSA) is 92.2 Å². The fourth-order valence-electron chi connectivity index (χ4n) is 3.28. The first-order valence-electron chi connectivity index (χ1n) is 9.07. The van der Waals surface area contributed by atoms with E-state index in [-0.39, 0.29) is 11.6 Å². The molecule has 3 heterocycles. The molecule has 0 spiro atoms. The van der Waals surface area contributed by atoms with Gasteiger partial charge in [-0.3, -0.25) is 9.59 Å². The van der Waals surface area contributed by atoms with Crippen LogP contribution in [0.1, 0.15) is 15.2 Å². The van der Waals surface area contributed by atoms with E-state index in [0.29, 0.717) is 34.3 Å². The average Bonchev–Trinajstić information content (AvgIpc) is 3.42. The number of thiophene rings is 1. The van der Waals surface area contributed by atoms with Crippen LogP contribution < -0.4 is 10.9 Å². The van der Waals surface area contributed by atoms with Gasteiger partial charge in [-0.1, -0.05) is 18.2 Å². The van der Waals surface area contributed by atoms with Gasteiger partial charge in [-0.25, -0.2) is 14.1 Å². The van der Waals surface area contributed by atoms with E-state index >= 15 is 0 Å². The summed E-state index contributed by atoms with van der Waals surface area (Å²) in [4.78, 5) is 30.3. The van der Waals surface area contributed by atoms with Gasteiger partial charge in [0.05, 0.1) is 17.4 Å². The summed E-state index contributed by atoms with van der Waals surface area (Å²) < 4.78 is 15.2. The Morgan fingerprint density at radius 3 is 2.87 bits per heavy atom. The van der Waals surface area contributed by atoms with Crippen LogP contribution >= 0.6 is 11.3 Å². The molecule has 5 aromatic rings.